The fourth-order valence-electron chi connectivity index (χ4n) is 4.96. The quantitative estimate of drug-likeness (QED) is 0.252. The van der Waals surface area contributed by atoms with Crippen LogP contribution in [0, 0.1) is 17.7 Å². The zero-order valence-corrected chi connectivity index (χ0v) is 21.2. The number of Topliss-reactive ketones (excluding diaryl/α,β-unsaturated/α-hetero) is 1. The Bertz CT molecular complexity index is 1530. The molecule has 0 radical (unpaired) electrons. The van der Waals surface area contributed by atoms with Crippen LogP contribution in [0.5, 0.6) is 0 Å². The number of carbonyl (C=O) groups excluding carboxylic acids is 3. The van der Waals surface area contributed by atoms with Crippen LogP contribution in [0.25, 0.3) is 11.1 Å². The highest BCUT2D eigenvalue weighted by Crippen LogP contribution is 2.44. The van der Waals surface area contributed by atoms with E-state index in [0.717, 1.165) is 24.0 Å². The number of halogens is 6. The number of nitrogens with zero attached hydrogens (tertiary/aromatic N) is 4. The Labute approximate surface area is 228 Å². The number of alkyl halides is 3. The Hall–Kier alpha value is -4.33. The van der Waals surface area contributed by atoms with E-state index >= 15 is 0 Å². The van der Waals surface area contributed by atoms with Crippen molar-refractivity contribution in [3.63, 3.8) is 0 Å². The summed E-state index contributed by atoms with van der Waals surface area (Å²) in [5, 5.41) is 0. The lowest BCUT2D eigenvalue weighted by Gasteiger charge is -2.32. The minimum Gasteiger partial charge on any atom is -0.332 e. The van der Waals surface area contributed by atoms with Crippen LogP contribution in [0.4, 0.5) is 26.3 Å². The Kier molecular flexibility index (Phi) is 7.05. The average molecular weight is 578 g/mol. The number of aromatic nitrogens is 2. The molecule has 8 nitrogen and oxygen atoms in total. The second kappa shape index (κ2) is 10.3. The fourth-order valence-corrected chi connectivity index (χ4v) is 4.96. The zero-order chi connectivity index (χ0) is 29.7. The molecule has 1 aliphatic carbocycles. The summed E-state index contributed by atoms with van der Waals surface area (Å²) in [5.41, 5.74) is -2.12. The summed E-state index contributed by atoms with van der Waals surface area (Å²) in [6, 6.07) is 6.15. The lowest BCUT2D eigenvalue weighted by atomic mass is 9.92. The van der Waals surface area contributed by atoms with Crippen molar-refractivity contribution >= 4 is 17.6 Å². The molecule has 41 heavy (non-hydrogen) atoms. The molecule has 1 spiro atoms. The van der Waals surface area contributed by atoms with Gasteiger partial charge in [0, 0.05) is 18.5 Å². The van der Waals surface area contributed by atoms with Crippen LogP contribution in [-0.4, -0.2) is 62.9 Å². The molecule has 0 bridgehead atoms. The highest BCUT2D eigenvalue weighted by molar-refractivity contribution is 6.15. The number of carbonyl (C=O) groups is 3. The number of rotatable bonds is 6. The van der Waals surface area contributed by atoms with Gasteiger partial charge in [0.15, 0.2) is 5.78 Å². The predicted octanol–water partition coefficient (Wildman–Crippen LogP) is 3.68. The maximum absolute atomic E-state index is 14.2. The van der Waals surface area contributed by atoms with E-state index in [0.29, 0.717) is 11.2 Å². The molecule has 3 aromatic rings. The van der Waals surface area contributed by atoms with Crippen LogP contribution >= 0.6 is 0 Å². The van der Waals surface area contributed by atoms with E-state index in [4.69, 9.17) is 4.74 Å². The van der Waals surface area contributed by atoms with Crippen molar-refractivity contribution in [1.29, 1.82) is 0 Å². The number of ketones is 1. The van der Waals surface area contributed by atoms with Gasteiger partial charge in [0.05, 0.1) is 5.56 Å². The van der Waals surface area contributed by atoms with E-state index in [1.54, 1.807) is 0 Å². The first-order chi connectivity index (χ1) is 19.3. The number of fused-ring (bicyclic) bond motifs is 2. The molecule has 2 amide bonds. The second-order valence-corrected chi connectivity index (χ2v) is 9.63. The van der Waals surface area contributed by atoms with Crippen molar-refractivity contribution in [1.82, 2.24) is 19.8 Å². The third-order valence-electron chi connectivity index (χ3n) is 7.15. The van der Waals surface area contributed by atoms with E-state index in [-0.39, 0.29) is 28.7 Å². The first-order valence-electron chi connectivity index (χ1n) is 12.2. The summed E-state index contributed by atoms with van der Waals surface area (Å²) in [7, 11) is 0. The first-order valence-corrected chi connectivity index (χ1v) is 12.2. The van der Waals surface area contributed by atoms with Crippen LogP contribution < -0.4 is 0 Å². The molecule has 2 heterocycles. The van der Waals surface area contributed by atoms with Gasteiger partial charge < -0.3 is 14.5 Å². The number of amides is 2. The van der Waals surface area contributed by atoms with Crippen LogP contribution in [0.2, 0.25) is 0 Å². The summed E-state index contributed by atoms with van der Waals surface area (Å²) in [4.78, 5) is 47.7. The molecular weight excluding hydrogens is 558 g/mol. The minimum atomic E-state index is -4.80. The van der Waals surface area contributed by atoms with E-state index in [9.17, 15) is 40.7 Å². The molecule has 1 unspecified atom stereocenters. The second-order valence-electron chi connectivity index (χ2n) is 9.63. The van der Waals surface area contributed by atoms with Crippen LogP contribution in [-0.2, 0) is 37.7 Å². The van der Waals surface area contributed by atoms with Gasteiger partial charge in [-0.1, -0.05) is 24.3 Å². The highest BCUT2D eigenvalue weighted by Gasteiger charge is 2.59. The van der Waals surface area contributed by atoms with Crippen molar-refractivity contribution in [3.05, 3.63) is 83.2 Å². The average Bonchev–Trinajstić information content (AvgIpc) is 3.38. The molecule has 214 valence electrons. The van der Waals surface area contributed by atoms with E-state index in [1.165, 1.54) is 30.3 Å². The summed E-state index contributed by atoms with van der Waals surface area (Å²) < 4.78 is 88.1. The highest BCUT2D eigenvalue weighted by atomic mass is 19.4. The molecular formula is C27H20F6N4O4. The van der Waals surface area contributed by atoms with Crippen molar-refractivity contribution < 1.29 is 45.5 Å². The molecule has 1 saturated heterocycles. The van der Waals surface area contributed by atoms with Crippen LogP contribution in [0.3, 0.4) is 0 Å². The third-order valence-corrected chi connectivity index (χ3v) is 7.15. The van der Waals surface area contributed by atoms with Crippen molar-refractivity contribution in [2.75, 3.05) is 13.3 Å². The number of benzene rings is 2. The van der Waals surface area contributed by atoms with E-state index < -0.39 is 78.5 Å². The van der Waals surface area contributed by atoms with Gasteiger partial charge in [-0.05, 0) is 41.8 Å². The lowest BCUT2D eigenvalue weighted by Crippen LogP contribution is -2.51. The molecule has 1 aromatic heterocycles. The zero-order valence-electron chi connectivity index (χ0n) is 21.2. The summed E-state index contributed by atoms with van der Waals surface area (Å²) >= 11 is 0. The summed E-state index contributed by atoms with van der Waals surface area (Å²) in [5.74, 6) is -5.61. The Morgan fingerprint density at radius 3 is 2.37 bits per heavy atom. The van der Waals surface area contributed by atoms with Gasteiger partial charge in [-0.15, -0.1) is 0 Å². The van der Waals surface area contributed by atoms with Gasteiger partial charge in [0.25, 0.3) is 5.91 Å². The molecule has 0 N–H and O–H groups in total. The molecule has 1 fully saturated rings. The topological polar surface area (TPSA) is 92.7 Å². The first kappa shape index (κ1) is 28.2. The predicted molar refractivity (Wildman–Crippen MR) is 128 cm³/mol. The monoisotopic (exact) mass is 578 g/mol. The maximum atomic E-state index is 14.2. The largest absolute Gasteiger partial charge is 0.408 e. The minimum absolute atomic E-state index is 0.0132. The lowest BCUT2D eigenvalue weighted by molar-refractivity contribution is -0.187. The molecule has 2 aliphatic rings. The van der Waals surface area contributed by atoms with Gasteiger partial charge in [-0.2, -0.15) is 22.0 Å². The van der Waals surface area contributed by atoms with Gasteiger partial charge in [-0.25, -0.2) is 14.4 Å². The fraction of sp³-hybridized carbons (Fsp3) is 0.296. The van der Waals surface area contributed by atoms with E-state index in [2.05, 4.69) is 9.97 Å². The Balaban J connectivity index is 1.40. The molecule has 0 saturated carbocycles. The van der Waals surface area contributed by atoms with Gasteiger partial charge in [0.2, 0.25) is 23.4 Å². The molecule has 14 heteroatoms. The third kappa shape index (κ3) is 4.92. The van der Waals surface area contributed by atoms with Gasteiger partial charge in [0.1, 0.15) is 31.5 Å². The van der Waals surface area contributed by atoms with Gasteiger partial charge >= 0.3 is 6.18 Å². The van der Waals surface area contributed by atoms with Gasteiger partial charge in [-0.3, -0.25) is 14.4 Å². The summed E-state index contributed by atoms with van der Waals surface area (Å²) in [6.45, 7) is -1.14. The summed E-state index contributed by atoms with van der Waals surface area (Å²) in [6.07, 6.45) is -4.43. The number of hydrogen-bond donors (Lipinski definition) is 0. The normalized spacial score (nSPS) is 19.1. The van der Waals surface area contributed by atoms with Crippen LogP contribution in [0.15, 0.2) is 48.8 Å². The van der Waals surface area contributed by atoms with E-state index in [1.807, 2.05) is 0 Å². The molecule has 1 aliphatic heterocycles. The maximum Gasteiger partial charge on any atom is 0.408 e. The van der Waals surface area contributed by atoms with Crippen molar-refractivity contribution in [2.24, 2.45) is 0 Å². The molecule has 2 aromatic carbocycles. The Morgan fingerprint density at radius 2 is 1.73 bits per heavy atom. The smallest absolute Gasteiger partial charge is 0.332 e. The molecule has 5 rings (SSSR count). The number of ether oxygens (including phenoxy) is 1. The number of hydrogen-bond acceptors (Lipinski definition) is 6. The standard InChI is InChI=1S/C27H20F6N4O4/c1-14(27(31,32)33)37(10-15-2-5-18(28)6-3-15)21(39)11-36-13-41-26(25(36)40)19-7-4-16(8-17(19)9-20(26)38)22-23(29)34-12-35-24(22)30/h2-8,12,14H,9-11,13H2,1H3/t14?,26-/m1/s1. The Morgan fingerprint density at radius 1 is 1.07 bits per heavy atom. The SMILES string of the molecule is CC(N(Cc1ccc(F)cc1)C(=O)CN1CO[C@]2(C(=O)Cc3cc(-c4c(F)ncnc4F)ccc32)C1=O)C(F)(F)F. The van der Waals surface area contributed by atoms with Crippen molar-refractivity contribution in [2.45, 2.75) is 37.7 Å². The van der Waals surface area contributed by atoms with Crippen LogP contribution in [0.1, 0.15) is 23.6 Å². The molecule has 2 atom stereocenters. The van der Waals surface area contributed by atoms with Crippen molar-refractivity contribution in [3.8, 4) is 11.1 Å².